The molecule has 0 N–H and O–H groups in total. The monoisotopic (exact) mass is 533 g/mol. The molecule has 2 aliphatic rings. The molecule has 37 heavy (non-hydrogen) atoms. The Morgan fingerprint density at radius 3 is 2.03 bits per heavy atom. The Morgan fingerprint density at radius 1 is 0.811 bits per heavy atom. The van der Waals surface area contributed by atoms with Gasteiger partial charge in [-0.05, 0) is 72.3 Å². The molecule has 1 aliphatic heterocycles. The van der Waals surface area contributed by atoms with E-state index >= 15 is 0 Å². The van der Waals surface area contributed by atoms with Crippen molar-refractivity contribution in [3.05, 3.63) is 53.8 Å². The van der Waals surface area contributed by atoms with Gasteiger partial charge in [-0.1, -0.05) is 100 Å². The van der Waals surface area contributed by atoms with Crippen LogP contribution in [0.25, 0.3) is 11.1 Å². The van der Waals surface area contributed by atoms with Crippen molar-refractivity contribution in [1.29, 1.82) is 0 Å². The van der Waals surface area contributed by atoms with Gasteiger partial charge in [0.15, 0.2) is 11.6 Å². The first-order valence-corrected chi connectivity index (χ1v) is 16.4. The number of hydrogen-bond donors (Lipinski definition) is 0. The molecule has 1 heterocycles. The number of hydrogen-bond acceptors (Lipinski definition) is 1. The number of ether oxygens (including phenoxy) is 1. The summed E-state index contributed by atoms with van der Waals surface area (Å²) < 4.78 is 55.0. The maximum absolute atomic E-state index is 14.1. The molecule has 1 saturated heterocycles. The molecule has 2 fully saturated rings. The predicted octanol–water partition coefficient (Wildman–Crippen LogP) is 10.5. The predicted molar refractivity (Wildman–Crippen MR) is 145 cm³/mol. The summed E-state index contributed by atoms with van der Waals surface area (Å²) >= 11 is 0. The number of benzene rings is 2. The van der Waals surface area contributed by atoms with Crippen molar-refractivity contribution in [2.45, 2.75) is 108 Å². The Morgan fingerprint density at radius 2 is 1.43 bits per heavy atom. The first-order valence-electron chi connectivity index (χ1n) is 14.3. The molecule has 4 rings (SSSR count). The smallest absolute Gasteiger partial charge is 0.403 e. The average molecular weight is 534 g/mol. The highest BCUT2D eigenvalue weighted by Crippen LogP contribution is 2.40. The molecule has 0 bridgehead atoms. The molecule has 0 atom stereocenters. The molecule has 1 nitrogen and oxygen atoms in total. The maximum Gasteiger partial charge on any atom is 0.573 e. The molecule has 0 spiro atoms. The molecule has 0 unspecified atom stereocenters. The molecule has 6 heteroatoms. The van der Waals surface area contributed by atoms with E-state index in [-0.39, 0.29) is 8.80 Å². The fourth-order valence-corrected chi connectivity index (χ4v) is 9.47. The van der Waals surface area contributed by atoms with Gasteiger partial charge in [-0.2, -0.15) is 0 Å². The summed E-state index contributed by atoms with van der Waals surface area (Å²) in [7, 11) is -0.0292. The number of halogens is 4. The molecule has 203 valence electrons. The summed E-state index contributed by atoms with van der Waals surface area (Å²) in [6.45, 7) is 2.30. The standard InChI is InChI=1S/C31H41F4OSi/c1-2-3-4-19-37-20-17-24(18-21-37)6-5-23-7-9-25(10-8-23)26-11-13-27(14-12-26)28-15-16-30(29(32)22-28)36-31(33,34)35/h11-16,22-25H,2-10,17-21H2,1H3. The van der Waals surface area contributed by atoms with Crippen molar-refractivity contribution in [3.63, 3.8) is 0 Å². The van der Waals surface area contributed by atoms with E-state index in [0.29, 0.717) is 11.5 Å². The molecule has 1 radical (unpaired) electrons. The van der Waals surface area contributed by atoms with E-state index in [9.17, 15) is 17.6 Å². The van der Waals surface area contributed by atoms with Crippen LogP contribution in [0.3, 0.4) is 0 Å². The summed E-state index contributed by atoms with van der Waals surface area (Å²) in [6, 6.07) is 16.3. The summed E-state index contributed by atoms with van der Waals surface area (Å²) in [5.74, 6) is 0.587. The second kappa shape index (κ2) is 13.3. The van der Waals surface area contributed by atoms with Crippen molar-refractivity contribution in [2.24, 2.45) is 11.8 Å². The van der Waals surface area contributed by atoms with Gasteiger partial charge < -0.3 is 4.74 Å². The van der Waals surface area contributed by atoms with E-state index in [2.05, 4.69) is 23.8 Å². The second-order valence-corrected chi connectivity index (χ2v) is 14.3. The lowest BCUT2D eigenvalue weighted by Crippen LogP contribution is -2.22. The Bertz CT molecular complexity index is 958. The topological polar surface area (TPSA) is 9.23 Å². The van der Waals surface area contributed by atoms with Crippen molar-refractivity contribution in [3.8, 4) is 16.9 Å². The third-order valence-corrected chi connectivity index (χ3v) is 11.7. The number of unbranched alkanes of at least 4 members (excludes halogenated alkanes) is 2. The van der Waals surface area contributed by atoms with Crippen molar-refractivity contribution >= 4 is 8.80 Å². The van der Waals surface area contributed by atoms with Crippen molar-refractivity contribution in [2.75, 3.05) is 0 Å². The lowest BCUT2D eigenvalue weighted by Gasteiger charge is -2.32. The van der Waals surface area contributed by atoms with Gasteiger partial charge in [-0.3, -0.25) is 0 Å². The van der Waals surface area contributed by atoms with Crippen molar-refractivity contribution in [1.82, 2.24) is 0 Å². The zero-order valence-corrected chi connectivity index (χ0v) is 23.1. The molecular weight excluding hydrogens is 492 g/mol. The molecule has 2 aromatic carbocycles. The van der Waals surface area contributed by atoms with Crippen LogP contribution in [0.4, 0.5) is 17.6 Å². The Hall–Kier alpha value is -1.82. The van der Waals surface area contributed by atoms with Gasteiger partial charge in [0.25, 0.3) is 0 Å². The summed E-state index contributed by atoms with van der Waals surface area (Å²) in [4.78, 5) is 0. The van der Waals surface area contributed by atoms with Crippen LogP contribution < -0.4 is 4.74 Å². The van der Waals surface area contributed by atoms with E-state index < -0.39 is 17.9 Å². The van der Waals surface area contributed by atoms with Crippen LogP contribution in [-0.4, -0.2) is 15.2 Å². The third kappa shape index (κ3) is 8.59. The second-order valence-electron chi connectivity index (χ2n) is 11.3. The third-order valence-electron chi connectivity index (χ3n) is 8.65. The number of alkyl halides is 3. The van der Waals surface area contributed by atoms with Gasteiger partial charge >= 0.3 is 6.36 Å². The van der Waals surface area contributed by atoms with Crippen LogP contribution in [0.2, 0.25) is 18.1 Å². The maximum atomic E-state index is 14.1. The van der Waals surface area contributed by atoms with Crippen LogP contribution >= 0.6 is 0 Å². The van der Waals surface area contributed by atoms with Crippen LogP contribution in [-0.2, 0) is 0 Å². The van der Waals surface area contributed by atoms with Gasteiger partial charge in [0, 0.05) is 8.80 Å². The number of rotatable bonds is 10. The highest BCUT2D eigenvalue weighted by molar-refractivity contribution is 6.58. The zero-order chi connectivity index (χ0) is 26.3. The summed E-state index contributed by atoms with van der Waals surface area (Å²) in [5.41, 5.74) is 2.64. The highest BCUT2D eigenvalue weighted by atomic mass is 28.3. The fraction of sp³-hybridized carbons (Fsp3) is 0.613. The minimum absolute atomic E-state index is 0.0292. The fourth-order valence-electron chi connectivity index (χ4n) is 6.34. The zero-order valence-electron chi connectivity index (χ0n) is 22.1. The first-order chi connectivity index (χ1) is 17.8. The Balaban J connectivity index is 1.20. The van der Waals surface area contributed by atoms with Gasteiger partial charge in [-0.25, -0.2) is 4.39 Å². The molecule has 1 saturated carbocycles. The van der Waals surface area contributed by atoms with Crippen molar-refractivity contribution < 1.29 is 22.3 Å². The van der Waals surface area contributed by atoms with Gasteiger partial charge in [0.05, 0.1) is 0 Å². The van der Waals surface area contributed by atoms with E-state index in [4.69, 9.17) is 0 Å². The minimum atomic E-state index is -4.91. The SMILES string of the molecule is CCCCC[Si]1CCC(CCC2CCC(c3ccc(-c4ccc(OC(F)(F)F)c(F)c4)cc3)CC2)CC1. The quantitative estimate of drug-likeness (QED) is 0.168. The van der Waals surface area contributed by atoms with E-state index in [1.165, 1.54) is 82.3 Å². The van der Waals surface area contributed by atoms with E-state index in [0.717, 1.165) is 29.5 Å². The Labute approximate surface area is 221 Å². The average Bonchev–Trinajstić information content (AvgIpc) is 2.89. The summed E-state index contributed by atoms with van der Waals surface area (Å²) in [6.07, 6.45) is 10.2. The van der Waals surface area contributed by atoms with Crippen LogP contribution in [0, 0.1) is 17.7 Å². The lowest BCUT2D eigenvalue weighted by molar-refractivity contribution is -0.275. The van der Waals surface area contributed by atoms with Gasteiger partial charge in [0.1, 0.15) is 0 Å². The van der Waals surface area contributed by atoms with E-state index in [1.807, 2.05) is 12.1 Å². The highest BCUT2D eigenvalue weighted by Gasteiger charge is 2.32. The lowest BCUT2D eigenvalue weighted by atomic mass is 9.76. The molecule has 2 aromatic rings. The van der Waals surface area contributed by atoms with Gasteiger partial charge in [-0.15, -0.1) is 13.2 Å². The largest absolute Gasteiger partial charge is 0.573 e. The van der Waals surface area contributed by atoms with Crippen LogP contribution in [0.15, 0.2) is 42.5 Å². The van der Waals surface area contributed by atoms with Gasteiger partial charge in [0.2, 0.25) is 0 Å². The molecule has 0 amide bonds. The normalized spacial score (nSPS) is 21.8. The van der Waals surface area contributed by atoms with Crippen LogP contribution in [0.5, 0.6) is 5.75 Å². The summed E-state index contributed by atoms with van der Waals surface area (Å²) in [5, 5.41) is 0. The molecular formula is C31H41F4OSi. The molecule has 0 aromatic heterocycles. The Kier molecular flexibility index (Phi) is 10.1. The minimum Gasteiger partial charge on any atom is -0.403 e. The first kappa shape index (κ1) is 28.2. The molecule has 1 aliphatic carbocycles. The van der Waals surface area contributed by atoms with Crippen LogP contribution in [0.1, 0.15) is 89.0 Å². The van der Waals surface area contributed by atoms with E-state index in [1.54, 1.807) is 18.1 Å².